The normalized spacial score (nSPS) is 11.4. The monoisotopic (exact) mass is 342 g/mol. The molecule has 4 heteroatoms. The summed E-state index contributed by atoms with van der Waals surface area (Å²) in [6, 6.07) is 2.26. The summed E-state index contributed by atoms with van der Waals surface area (Å²) in [5.41, 5.74) is 0.784. The number of aromatic nitrogens is 1. The van der Waals surface area contributed by atoms with E-state index in [2.05, 4.69) is 55.4 Å². The first-order valence-corrected chi connectivity index (χ1v) is 8.40. The number of amides is 1. The maximum atomic E-state index is 12.9. The molecular weight excluding hydrogens is 316 g/mol. The summed E-state index contributed by atoms with van der Waals surface area (Å²) in [5, 5.41) is 0. The fraction of sp³-hybridized carbons (Fsp3) is 0.688. The van der Waals surface area contributed by atoms with Crippen LogP contribution < -0.4 is 0 Å². The van der Waals surface area contributed by atoms with Gasteiger partial charge < -0.3 is 9.47 Å². The molecule has 0 aliphatic carbocycles. The van der Waals surface area contributed by atoms with Gasteiger partial charge >= 0.3 is 0 Å². The number of halogens is 1. The van der Waals surface area contributed by atoms with E-state index in [9.17, 15) is 4.79 Å². The van der Waals surface area contributed by atoms with Crippen LogP contribution >= 0.6 is 15.9 Å². The van der Waals surface area contributed by atoms with Gasteiger partial charge in [0.05, 0.1) is 0 Å². The lowest BCUT2D eigenvalue weighted by Crippen LogP contribution is -2.42. The molecular formula is C16H27BrN2O. The predicted molar refractivity (Wildman–Crippen MR) is 88.1 cm³/mol. The Morgan fingerprint density at radius 2 is 1.90 bits per heavy atom. The van der Waals surface area contributed by atoms with E-state index in [1.54, 1.807) is 0 Å². The van der Waals surface area contributed by atoms with Crippen LogP contribution in [0.15, 0.2) is 16.7 Å². The summed E-state index contributed by atoms with van der Waals surface area (Å²) in [7, 11) is 0. The average molecular weight is 343 g/mol. The van der Waals surface area contributed by atoms with Crippen LogP contribution in [0.3, 0.4) is 0 Å². The third-order valence-corrected chi connectivity index (χ3v) is 4.06. The second-order valence-corrected chi connectivity index (χ2v) is 6.57. The van der Waals surface area contributed by atoms with Gasteiger partial charge in [-0.2, -0.15) is 0 Å². The summed E-state index contributed by atoms with van der Waals surface area (Å²) in [4.78, 5) is 15.0. The molecule has 0 aliphatic heterocycles. The summed E-state index contributed by atoms with van der Waals surface area (Å²) in [5.74, 6) is 0.632. The minimum absolute atomic E-state index is 0.153. The molecule has 20 heavy (non-hydrogen) atoms. The van der Waals surface area contributed by atoms with E-state index in [0.29, 0.717) is 12.0 Å². The van der Waals surface area contributed by atoms with Gasteiger partial charge in [0.2, 0.25) is 0 Å². The highest BCUT2D eigenvalue weighted by molar-refractivity contribution is 9.10. The van der Waals surface area contributed by atoms with Gasteiger partial charge in [-0.25, -0.2) is 0 Å². The minimum Gasteiger partial charge on any atom is -0.343 e. The Morgan fingerprint density at radius 3 is 2.35 bits per heavy atom. The lowest BCUT2D eigenvalue weighted by Gasteiger charge is -2.32. The molecule has 1 heterocycles. The number of nitrogens with zero attached hydrogens (tertiary/aromatic N) is 2. The van der Waals surface area contributed by atoms with Gasteiger partial charge in [-0.15, -0.1) is 0 Å². The Bertz CT molecular complexity index is 436. The van der Waals surface area contributed by atoms with Crippen molar-refractivity contribution in [3.05, 3.63) is 22.4 Å². The standard InChI is InChI=1S/C16H27BrN2O/c1-6-14(7-2)19(10-12(4)5)16(20)15-9-13(17)11-18(15)8-3/h9,11-12,14H,6-8,10H2,1-5H3. The molecule has 0 spiro atoms. The number of rotatable bonds is 7. The van der Waals surface area contributed by atoms with Gasteiger partial charge in [-0.1, -0.05) is 27.7 Å². The zero-order valence-electron chi connectivity index (χ0n) is 13.3. The first-order valence-electron chi connectivity index (χ1n) is 7.61. The molecule has 1 rings (SSSR count). The molecule has 1 amide bonds. The highest BCUT2D eigenvalue weighted by Gasteiger charge is 2.25. The summed E-state index contributed by atoms with van der Waals surface area (Å²) in [6.07, 6.45) is 3.99. The molecule has 0 atom stereocenters. The lowest BCUT2D eigenvalue weighted by molar-refractivity contribution is 0.0629. The van der Waals surface area contributed by atoms with Crippen LogP contribution in [-0.2, 0) is 6.54 Å². The van der Waals surface area contributed by atoms with Gasteiger partial charge in [-0.3, -0.25) is 4.79 Å². The molecule has 0 saturated carbocycles. The maximum absolute atomic E-state index is 12.9. The Labute approximate surface area is 131 Å². The Balaban J connectivity index is 3.08. The van der Waals surface area contributed by atoms with Gasteiger partial charge in [0.1, 0.15) is 5.69 Å². The van der Waals surface area contributed by atoms with Crippen molar-refractivity contribution in [3.63, 3.8) is 0 Å². The third kappa shape index (κ3) is 4.11. The fourth-order valence-electron chi connectivity index (χ4n) is 2.58. The quantitative estimate of drug-likeness (QED) is 0.713. The zero-order chi connectivity index (χ0) is 15.3. The second kappa shape index (κ2) is 7.87. The highest BCUT2D eigenvalue weighted by atomic mass is 79.9. The maximum Gasteiger partial charge on any atom is 0.270 e. The zero-order valence-corrected chi connectivity index (χ0v) is 14.9. The van der Waals surface area contributed by atoms with E-state index in [1.807, 2.05) is 16.8 Å². The molecule has 3 nitrogen and oxygen atoms in total. The molecule has 0 fully saturated rings. The van der Waals surface area contributed by atoms with E-state index in [1.165, 1.54) is 0 Å². The van der Waals surface area contributed by atoms with E-state index < -0.39 is 0 Å². The summed E-state index contributed by atoms with van der Waals surface area (Å²) in [6.45, 7) is 12.3. The molecule has 0 bridgehead atoms. The summed E-state index contributed by atoms with van der Waals surface area (Å²) < 4.78 is 2.99. The Morgan fingerprint density at radius 1 is 1.30 bits per heavy atom. The van der Waals surface area contributed by atoms with Crippen molar-refractivity contribution in [2.24, 2.45) is 5.92 Å². The second-order valence-electron chi connectivity index (χ2n) is 5.65. The molecule has 114 valence electrons. The molecule has 1 aromatic heterocycles. The minimum atomic E-state index is 0.153. The van der Waals surface area contributed by atoms with Crippen LogP contribution in [0.4, 0.5) is 0 Å². The van der Waals surface area contributed by atoms with Crippen LogP contribution in [0.1, 0.15) is 57.9 Å². The van der Waals surface area contributed by atoms with Crippen molar-refractivity contribution < 1.29 is 4.79 Å². The van der Waals surface area contributed by atoms with Crippen molar-refractivity contribution in [2.75, 3.05) is 6.54 Å². The molecule has 1 aromatic rings. The van der Waals surface area contributed by atoms with Crippen molar-refractivity contribution >= 4 is 21.8 Å². The van der Waals surface area contributed by atoms with E-state index in [-0.39, 0.29) is 5.91 Å². The number of hydrogen-bond acceptors (Lipinski definition) is 1. The first kappa shape index (κ1) is 17.3. The number of carbonyl (C=O) groups is 1. The SMILES string of the molecule is CCC(CC)N(CC(C)C)C(=O)c1cc(Br)cn1CC. The Kier molecular flexibility index (Phi) is 6.80. The van der Waals surface area contributed by atoms with E-state index in [4.69, 9.17) is 0 Å². The van der Waals surface area contributed by atoms with Crippen LogP contribution in [0.25, 0.3) is 0 Å². The third-order valence-electron chi connectivity index (χ3n) is 3.63. The summed E-state index contributed by atoms with van der Waals surface area (Å²) >= 11 is 3.47. The highest BCUT2D eigenvalue weighted by Crippen LogP contribution is 2.20. The first-order chi connectivity index (χ1) is 9.44. The van der Waals surface area contributed by atoms with Crippen molar-refractivity contribution in [2.45, 2.75) is 60.0 Å². The molecule has 0 aliphatic rings. The van der Waals surface area contributed by atoms with Gasteiger partial charge in [0, 0.05) is 29.8 Å². The van der Waals surface area contributed by atoms with Crippen LogP contribution in [-0.4, -0.2) is 28.0 Å². The Hall–Kier alpha value is -0.770. The molecule has 0 N–H and O–H groups in total. The largest absolute Gasteiger partial charge is 0.343 e. The van der Waals surface area contributed by atoms with Crippen LogP contribution in [0.2, 0.25) is 0 Å². The molecule has 0 saturated heterocycles. The van der Waals surface area contributed by atoms with Gasteiger partial charge in [-0.05, 0) is 47.7 Å². The van der Waals surface area contributed by atoms with Crippen LogP contribution in [0.5, 0.6) is 0 Å². The van der Waals surface area contributed by atoms with E-state index >= 15 is 0 Å². The van der Waals surface area contributed by atoms with Gasteiger partial charge in [0.25, 0.3) is 5.91 Å². The van der Waals surface area contributed by atoms with E-state index in [0.717, 1.165) is 36.1 Å². The molecule has 0 aromatic carbocycles. The fourth-order valence-corrected chi connectivity index (χ4v) is 3.05. The van der Waals surface area contributed by atoms with Gasteiger partial charge in [0.15, 0.2) is 0 Å². The number of carbonyl (C=O) groups excluding carboxylic acids is 1. The van der Waals surface area contributed by atoms with Crippen LogP contribution in [0, 0.1) is 5.92 Å². The average Bonchev–Trinajstić information content (AvgIpc) is 2.79. The lowest BCUT2D eigenvalue weighted by atomic mass is 10.1. The molecule has 0 radical (unpaired) electrons. The number of aryl methyl sites for hydroxylation is 1. The topological polar surface area (TPSA) is 25.2 Å². The molecule has 0 unspecified atom stereocenters. The number of hydrogen-bond donors (Lipinski definition) is 0. The smallest absolute Gasteiger partial charge is 0.270 e. The van der Waals surface area contributed by atoms with Crippen molar-refractivity contribution in [1.82, 2.24) is 9.47 Å². The van der Waals surface area contributed by atoms with Crippen molar-refractivity contribution in [3.8, 4) is 0 Å². The predicted octanol–water partition coefficient (Wildman–Crippen LogP) is 4.56. The van der Waals surface area contributed by atoms with Crippen molar-refractivity contribution in [1.29, 1.82) is 0 Å².